The van der Waals surface area contributed by atoms with Crippen LogP contribution in [0.5, 0.6) is 0 Å². The number of carbonyl (C=O) groups is 2. The highest BCUT2D eigenvalue weighted by Gasteiger charge is 2.36. The number of methoxy groups -OCH3 is 1. The van der Waals surface area contributed by atoms with Crippen LogP contribution in [0.1, 0.15) is 13.8 Å². The molecule has 1 atom stereocenters. The van der Waals surface area contributed by atoms with Gasteiger partial charge in [0.05, 0.1) is 12.7 Å². The summed E-state index contributed by atoms with van der Waals surface area (Å²) in [7, 11) is 1.17. The zero-order valence-corrected chi connectivity index (χ0v) is 10.5. The number of rotatable bonds is 4. The molecule has 0 aliphatic rings. The van der Waals surface area contributed by atoms with Crippen LogP contribution < -0.4 is 5.32 Å². The van der Waals surface area contributed by atoms with Crippen molar-refractivity contribution in [3.05, 3.63) is 0 Å². The lowest BCUT2D eigenvalue weighted by Crippen LogP contribution is -2.55. The lowest BCUT2D eigenvalue weighted by atomic mass is 9.96. The summed E-state index contributed by atoms with van der Waals surface area (Å²) in [6.07, 6.45) is -0.794. The molecule has 0 radical (unpaired) electrons. The summed E-state index contributed by atoms with van der Waals surface area (Å²) in [5, 5.41) is 11.9. The van der Waals surface area contributed by atoms with E-state index < -0.39 is 28.1 Å². The topological polar surface area (TPSA) is 75.6 Å². The SMILES string of the molecule is COC(=O)N[C@H](C(=O)C(S)S)C(C)(C)O. The summed E-state index contributed by atoms with van der Waals surface area (Å²) in [5.74, 6) is -0.500. The smallest absolute Gasteiger partial charge is 0.407 e. The van der Waals surface area contributed by atoms with Gasteiger partial charge in [-0.3, -0.25) is 4.79 Å². The second-order valence-electron chi connectivity index (χ2n) is 3.50. The molecule has 0 aromatic heterocycles. The van der Waals surface area contributed by atoms with E-state index in [9.17, 15) is 14.7 Å². The Morgan fingerprint density at radius 3 is 2.13 bits per heavy atom. The van der Waals surface area contributed by atoms with E-state index in [1.54, 1.807) is 0 Å². The molecule has 88 valence electrons. The van der Waals surface area contributed by atoms with Crippen LogP contribution in [-0.2, 0) is 9.53 Å². The Hall–Kier alpha value is -0.400. The highest BCUT2D eigenvalue weighted by Crippen LogP contribution is 2.15. The maximum absolute atomic E-state index is 11.6. The van der Waals surface area contributed by atoms with Crippen LogP contribution >= 0.6 is 25.3 Å². The molecule has 0 rings (SSSR count). The normalized spacial score (nSPS) is 13.5. The number of thiol groups is 2. The number of aliphatic hydroxyl groups is 1. The molecule has 0 saturated heterocycles. The van der Waals surface area contributed by atoms with Crippen LogP contribution in [0.3, 0.4) is 0 Å². The highest BCUT2D eigenvalue weighted by molar-refractivity contribution is 8.00. The predicted octanol–water partition coefficient (Wildman–Crippen LogP) is 0.237. The molecule has 0 aromatic rings. The van der Waals surface area contributed by atoms with Gasteiger partial charge in [0.25, 0.3) is 0 Å². The van der Waals surface area contributed by atoms with Crippen molar-refractivity contribution >= 4 is 37.1 Å². The van der Waals surface area contributed by atoms with E-state index in [0.717, 1.165) is 0 Å². The lowest BCUT2D eigenvalue weighted by molar-refractivity contribution is -0.124. The van der Waals surface area contributed by atoms with E-state index in [0.29, 0.717) is 0 Å². The number of nitrogens with one attached hydrogen (secondary N) is 1. The molecule has 0 aromatic carbocycles. The number of alkyl carbamates (subject to hydrolysis) is 1. The van der Waals surface area contributed by atoms with E-state index in [1.165, 1.54) is 21.0 Å². The molecule has 15 heavy (non-hydrogen) atoms. The first-order valence-electron chi connectivity index (χ1n) is 4.17. The van der Waals surface area contributed by atoms with E-state index >= 15 is 0 Å². The van der Waals surface area contributed by atoms with Gasteiger partial charge >= 0.3 is 6.09 Å². The third-order valence-corrected chi connectivity index (χ3v) is 2.20. The van der Waals surface area contributed by atoms with Gasteiger partial charge in [-0.15, -0.1) is 0 Å². The Kier molecular flexibility index (Phi) is 5.47. The average molecular weight is 253 g/mol. The highest BCUT2D eigenvalue weighted by atomic mass is 32.2. The predicted molar refractivity (Wildman–Crippen MR) is 62.4 cm³/mol. The van der Waals surface area contributed by atoms with Crippen LogP contribution in [0.15, 0.2) is 0 Å². The first-order valence-corrected chi connectivity index (χ1v) is 5.20. The van der Waals surface area contributed by atoms with Crippen molar-refractivity contribution in [1.29, 1.82) is 0 Å². The van der Waals surface area contributed by atoms with Crippen molar-refractivity contribution in [2.45, 2.75) is 30.1 Å². The molecule has 0 heterocycles. The van der Waals surface area contributed by atoms with Crippen molar-refractivity contribution in [2.75, 3.05) is 7.11 Å². The fraction of sp³-hybridized carbons (Fsp3) is 0.750. The fourth-order valence-electron chi connectivity index (χ4n) is 0.922. The van der Waals surface area contributed by atoms with Crippen molar-refractivity contribution in [3.8, 4) is 0 Å². The van der Waals surface area contributed by atoms with Gasteiger partial charge in [0.1, 0.15) is 10.6 Å². The Labute approximate surface area is 99.4 Å². The minimum atomic E-state index is -1.41. The fourth-order valence-corrected chi connectivity index (χ4v) is 1.22. The summed E-state index contributed by atoms with van der Waals surface area (Å²) in [6, 6.07) is -1.11. The van der Waals surface area contributed by atoms with Crippen molar-refractivity contribution in [3.63, 3.8) is 0 Å². The lowest BCUT2D eigenvalue weighted by Gasteiger charge is -2.29. The molecule has 0 fully saturated rings. The van der Waals surface area contributed by atoms with Crippen LogP contribution in [0.4, 0.5) is 4.79 Å². The first kappa shape index (κ1) is 14.6. The minimum absolute atomic E-state index is 0.500. The molecule has 0 unspecified atom stereocenters. The summed E-state index contributed by atoms with van der Waals surface area (Å²) < 4.78 is 3.47. The van der Waals surface area contributed by atoms with Gasteiger partial charge in [0.2, 0.25) is 0 Å². The molecular formula is C8H15NO4S2. The summed E-state index contributed by atoms with van der Waals surface area (Å²) in [6.45, 7) is 2.80. The molecule has 0 bridgehead atoms. The van der Waals surface area contributed by atoms with Gasteiger partial charge in [-0.05, 0) is 13.8 Å². The summed E-state index contributed by atoms with van der Waals surface area (Å²) >= 11 is 7.65. The van der Waals surface area contributed by atoms with Crippen molar-refractivity contribution < 1.29 is 19.4 Å². The molecule has 7 heteroatoms. The Morgan fingerprint density at radius 1 is 1.40 bits per heavy atom. The Balaban J connectivity index is 4.75. The van der Waals surface area contributed by atoms with Crippen LogP contribution in [0, 0.1) is 0 Å². The second-order valence-corrected chi connectivity index (χ2v) is 4.94. The van der Waals surface area contributed by atoms with E-state index in [4.69, 9.17) is 0 Å². The number of carbonyl (C=O) groups excluding carboxylic acids is 2. The average Bonchev–Trinajstić information content (AvgIpc) is 2.10. The van der Waals surface area contributed by atoms with Crippen molar-refractivity contribution in [1.82, 2.24) is 5.32 Å². The summed E-state index contributed by atoms with van der Waals surface area (Å²) in [5.41, 5.74) is -1.41. The minimum Gasteiger partial charge on any atom is -0.453 e. The van der Waals surface area contributed by atoms with Gasteiger partial charge in [-0.25, -0.2) is 4.79 Å². The third-order valence-electron chi connectivity index (χ3n) is 1.69. The molecule has 0 aliphatic carbocycles. The van der Waals surface area contributed by atoms with E-state index in [-0.39, 0.29) is 0 Å². The number of hydrogen-bond donors (Lipinski definition) is 4. The van der Waals surface area contributed by atoms with Crippen LogP contribution in [0.25, 0.3) is 0 Å². The standard InChI is InChI=1S/C8H15NO4S2/c1-8(2,12)5(4(10)6(14)15)9-7(11)13-3/h5-6,12,14-15H,1-3H3,(H,9,11)/t5-/m1/s1. The van der Waals surface area contributed by atoms with Gasteiger partial charge in [-0.1, -0.05) is 0 Å². The van der Waals surface area contributed by atoms with Crippen molar-refractivity contribution in [2.24, 2.45) is 0 Å². The number of ether oxygens (including phenoxy) is 1. The molecule has 1 amide bonds. The maximum atomic E-state index is 11.6. The van der Waals surface area contributed by atoms with E-state index in [1.807, 2.05) is 0 Å². The molecule has 0 aliphatic heterocycles. The van der Waals surface area contributed by atoms with Crippen LogP contribution in [0.2, 0.25) is 0 Å². The van der Waals surface area contributed by atoms with Gasteiger partial charge in [0, 0.05) is 0 Å². The van der Waals surface area contributed by atoms with Crippen LogP contribution in [-0.4, -0.2) is 40.3 Å². The zero-order valence-electron chi connectivity index (χ0n) is 8.72. The third kappa shape index (κ3) is 4.76. The molecule has 0 saturated carbocycles. The molecule has 2 N–H and O–H groups in total. The maximum Gasteiger partial charge on any atom is 0.407 e. The second kappa shape index (κ2) is 5.62. The Morgan fingerprint density at radius 2 is 1.87 bits per heavy atom. The first-order chi connectivity index (χ1) is 6.70. The quantitative estimate of drug-likeness (QED) is 0.427. The van der Waals surface area contributed by atoms with Gasteiger partial charge in [0.15, 0.2) is 5.78 Å². The molecular weight excluding hydrogens is 238 g/mol. The zero-order chi connectivity index (χ0) is 12.2. The van der Waals surface area contributed by atoms with E-state index in [2.05, 4.69) is 35.3 Å². The molecule has 5 nitrogen and oxygen atoms in total. The Bertz CT molecular complexity index is 250. The number of ketones is 1. The number of amides is 1. The number of Topliss-reactive ketones (excluding diaryl/α,β-unsaturated/α-hetero) is 1. The van der Waals surface area contributed by atoms with Gasteiger partial charge < -0.3 is 15.2 Å². The monoisotopic (exact) mass is 253 g/mol. The largest absolute Gasteiger partial charge is 0.453 e. The number of hydrogen-bond acceptors (Lipinski definition) is 6. The van der Waals surface area contributed by atoms with Gasteiger partial charge in [-0.2, -0.15) is 25.3 Å². The summed E-state index contributed by atoms with van der Waals surface area (Å²) in [4.78, 5) is 22.5. The molecule has 0 spiro atoms.